The highest BCUT2D eigenvalue weighted by atomic mass is 35.5. The number of benzene rings is 1. The molecule has 1 fully saturated rings. The molecule has 8 nitrogen and oxygen atoms in total. The third-order valence-electron chi connectivity index (χ3n) is 6.68. The molecule has 2 aromatic rings. The molecule has 3 N–H and O–H groups in total. The zero-order chi connectivity index (χ0) is 27.5. The number of aromatic nitrogens is 2. The molecule has 0 saturated carbocycles. The molecule has 2 unspecified atom stereocenters. The summed E-state index contributed by atoms with van der Waals surface area (Å²) < 4.78 is 47.8. The van der Waals surface area contributed by atoms with Crippen molar-refractivity contribution in [2.45, 2.75) is 68.9 Å². The smallest absolute Gasteiger partial charge is 0.252 e. The number of allylic oxidation sites excluding steroid dienone is 2. The molecule has 11 heteroatoms. The number of hydrogen-bond donors (Lipinski definition) is 3. The normalized spacial score (nSPS) is 22.2. The van der Waals surface area contributed by atoms with Crippen LogP contribution in [-0.2, 0) is 9.84 Å². The predicted molar refractivity (Wildman–Crippen MR) is 151 cm³/mol. The summed E-state index contributed by atoms with van der Waals surface area (Å²) >= 11 is 6.34. The van der Waals surface area contributed by atoms with Crippen molar-refractivity contribution in [3.8, 4) is 5.75 Å². The SMILES string of the molecule is CC(C)Oc1cc(C2CCNCC2)ccc1Nc1ncc(Cl)c(NC2C=CC=CC2(F)S(=O)(=O)C(C)C)n1. The Hall–Kier alpha value is -2.69. The maximum atomic E-state index is 16.0. The minimum Gasteiger partial charge on any atom is -0.489 e. The Morgan fingerprint density at radius 1 is 1.18 bits per heavy atom. The largest absolute Gasteiger partial charge is 0.489 e. The van der Waals surface area contributed by atoms with Gasteiger partial charge in [-0.1, -0.05) is 35.9 Å². The van der Waals surface area contributed by atoms with Crippen molar-refractivity contribution in [1.29, 1.82) is 0 Å². The van der Waals surface area contributed by atoms with Gasteiger partial charge in [-0.3, -0.25) is 0 Å². The van der Waals surface area contributed by atoms with Crippen LogP contribution in [0.5, 0.6) is 5.75 Å². The van der Waals surface area contributed by atoms with Gasteiger partial charge in [-0.2, -0.15) is 4.98 Å². The number of nitrogens with zero attached hydrogens (tertiary/aromatic N) is 2. The van der Waals surface area contributed by atoms with Gasteiger partial charge in [-0.05, 0) is 83.3 Å². The minimum absolute atomic E-state index is 0.0473. The summed E-state index contributed by atoms with van der Waals surface area (Å²) in [5.41, 5.74) is 1.89. The molecule has 0 bridgehead atoms. The fourth-order valence-corrected chi connectivity index (χ4v) is 6.20. The Morgan fingerprint density at radius 3 is 2.61 bits per heavy atom. The van der Waals surface area contributed by atoms with Gasteiger partial charge in [0.25, 0.3) is 5.00 Å². The number of ether oxygens (including phenoxy) is 1. The summed E-state index contributed by atoms with van der Waals surface area (Å²) in [6.45, 7) is 8.80. The van der Waals surface area contributed by atoms with Gasteiger partial charge >= 0.3 is 0 Å². The molecule has 1 aliphatic heterocycles. The number of halogens is 2. The van der Waals surface area contributed by atoms with E-state index in [0.29, 0.717) is 17.4 Å². The van der Waals surface area contributed by atoms with Crippen LogP contribution in [0.1, 0.15) is 52.0 Å². The van der Waals surface area contributed by atoms with Crippen LogP contribution in [0.4, 0.5) is 21.8 Å². The van der Waals surface area contributed by atoms with E-state index >= 15 is 4.39 Å². The monoisotopic (exact) mass is 563 g/mol. The highest BCUT2D eigenvalue weighted by molar-refractivity contribution is 7.93. The van der Waals surface area contributed by atoms with Crippen molar-refractivity contribution in [2.24, 2.45) is 0 Å². The quantitative estimate of drug-likeness (QED) is 0.366. The highest BCUT2D eigenvalue weighted by Gasteiger charge is 2.50. The van der Waals surface area contributed by atoms with Crippen LogP contribution in [0.25, 0.3) is 0 Å². The first-order chi connectivity index (χ1) is 18.0. The number of anilines is 3. The Balaban J connectivity index is 1.61. The van der Waals surface area contributed by atoms with Crippen LogP contribution < -0.4 is 20.7 Å². The van der Waals surface area contributed by atoms with Gasteiger partial charge in [0.2, 0.25) is 5.95 Å². The predicted octanol–water partition coefficient (Wildman–Crippen LogP) is 5.52. The van der Waals surface area contributed by atoms with Crippen LogP contribution in [-0.4, -0.2) is 53.9 Å². The second-order valence-electron chi connectivity index (χ2n) is 10.1. The molecule has 0 spiro atoms. The Bertz CT molecular complexity index is 1310. The summed E-state index contributed by atoms with van der Waals surface area (Å²) in [5, 5.41) is 5.99. The van der Waals surface area contributed by atoms with E-state index in [1.165, 1.54) is 37.8 Å². The first-order valence-electron chi connectivity index (χ1n) is 12.9. The van der Waals surface area contributed by atoms with E-state index in [9.17, 15) is 8.42 Å². The highest BCUT2D eigenvalue weighted by Crippen LogP contribution is 2.37. The summed E-state index contributed by atoms with van der Waals surface area (Å²) in [6.07, 6.45) is 8.93. The van der Waals surface area contributed by atoms with Crippen LogP contribution in [0.15, 0.2) is 48.7 Å². The summed E-state index contributed by atoms with van der Waals surface area (Å²) in [4.78, 5) is 8.71. The van der Waals surface area contributed by atoms with Crippen LogP contribution in [0.2, 0.25) is 5.02 Å². The Labute approximate surface area is 229 Å². The van der Waals surface area contributed by atoms with Gasteiger partial charge in [0.1, 0.15) is 10.8 Å². The standard InChI is InChI=1S/C27H35ClFN5O3S/c1-17(2)37-23-15-20(19-10-13-30-14-11-19)8-9-22(23)32-26-31-16-21(28)25(34-26)33-24-7-5-6-12-27(24,29)38(35,36)18(3)4/h5-9,12,15-19,24,30H,10-11,13-14H2,1-4H3,(H2,31,32,33,34). The van der Waals surface area contributed by atoms with E-state index in [4.69, 9.17) is 16.3 Å². The lowest BCUT2D eigenvalue weighted by molar-refractivity contribution is 0.243. The van der Waals surface area contributed by atoms with Gasteiger partial charge in [0.15, 0.2) is 15.7 Å². The molecule has 2 aliphatic rings. The lowest BCUT2D eigenvalue weighted by Gasteiger charge is -2.33. The number of piperidine rings is 1. The summed E-state index contributed by atoms with van der Waals surface area (Å²) in [6, 6.07) is 4.84. The number of rotatable bonds is 9. The number of alkyl halides is 1. The van der Waals surface area contributed by atoms with Gasteiger partial charge in [0.05, 0.1) is 29.3 Å². The average molecular weight is 564 g/mol. The second kappa shape index (κ2) is 11.6. The van der Waals surface area contributed by atoms with Gasteiger partial charge < -0.3 is 20.7 Å². The Kier molecular flexibility index (Phi) is 8.64. The van der Waals surface area contributed by atoms with Crippen LogP contribution in [0.3, 0.4) is 0 Å². The molecule has 206 valence electrons. The van der Waals surface area contributed by atoms with Gasteiger partial charge in [-0.15, -0.1) is 0 Å². The fraction of sp³-hybridized carbons (Fsp3) is 0.481. The third-order valence-corrected chi connectivity index (χ3v) is 9.46. The zero-order valence-electron chi connectivity index (χ0n) is 22.0. The first-order valence-corrected chi connectivity index (χ1v) is 14.8. The van der Waals surface area contributed by atoms with E-state index in [1.807, 2.05) is 19.9 Å². The molecular formula is C27H35ClFN5O3S. The lowest BCUT2D eigenvalue weighted by Crippen LogP contribution is -2.50. The van der Waals surface area contributed by atoms with Crippen molar-refractivity contribution >= 4 is 38.9 Å². The molecule has 0 amide bonds. The number of hydrogen-bond acceptors (Lipinski definition) is 8. The molecule has 1 saturated heterocycles. The lowest BCUT2D eigenvalue weighted by atomic mass is 9.90. The molecule has 4 rings (SSSR count). The molecule has 2 atom stereocenters. The van der Waals surface area contributed by atoms with Crippen molar-refractivity contribution in [2.75, 3.05) is 23.7 Å². The minimum atomic E-state index is -4.16. The van der Waals surface area contributed by atoms with Crippen molar-refractivity contribution in [3.63, 3.8) is 0 Å². The van der Waals surface area contributed by atoms with Gasteiger partial charge in [0, 0.05) is 0 Å². The molecular weight excluding hydrogens is 529 g/mol. The maximum Gasteiger partial charge on any atom is 0.252 e. The van der Waals surface area contributed by atoms with E-state index in [2.05, 4.69) is 38.1 Å². The number of nitrogens with one attached hydrogen (secondary N) is 3. The maximum absolute atomic E-state index is 16.0. The van der Waals surface area contributed by atoms with Crippen LogP contribution in [0, 0.1) is 0 Å². The zero-order valence-corrected chi connectivity index (χ0v) is 23.6. The van der Waals surface area contributed by atoms with Gasteiger partial charge in [-0.25, -0.2) is 17.8 Å². The van der Waals surface area contributed by atoms with E-state index in [0.717, 1.165) is 32.0 Å². The molecule has 0 radical (unpaired) electrons. The second-order valence-corrected chi connectivity index (χ2v) is 13.2. The third kappa shape index (κ3) is 5.97. The number of sulfone groups is 1. The molecule has 2 heterocycles. The first kappa shape index (κ1) is 28.3. The van der Waals surface area contributed by atoms with E-state index in [-0.39, 0.29) is 22.9 Å². The van der Waals surface area contributed by atoms with Crippen molar-refractivity contribution < 1.29 is 17.5 Å². The summed E-state index contributed by atoms with van der Waals surface area (Å²) in [7, 11) is -4.16. The van der Waals surface area contributed by atoms with Crippen molar-refractivity contribution in [1.82, 2.24) is 15.3 Å². The van der Waals surface area contributed by atoms with E-state index in [1.54, 1.807) is 6.08 Å². The van der Waals surface area contributed by atoms with E-state index < -0.39 is 26.1 Å². The molecule has 1 aliphatic carbocycles. The topological polar surface area (TPSA) is 105 Å². The molecule has 1 aromatic heterocycles. The van der Waals surface area contributed by atoms with Crippen LogP contribution >= 0.6 is 11.6 Å². The average Bonchev–Trinajstić information content (AvgIpc) is 2.88. The molecule has 38 heavy (non-hydrogen) atoms. The summed E-state index contributed by atoms with van der Waals surface area (Å²) in [5.74, 6) is 1.44. The van der Waals surface area contributed by atoms with Crippen molar-refractivity contribution in [3.05, 3.63) is 59.3 Å². The molecule has 1 aromatic carbocycles. The Morgan fingerprint density at radius 2 is 1.92 bits per heavy atom. The fourth-order valence-electron chi connectivity index (χ4n) is 4.58.